The number of hydrogen-bond donors (Lipinski definition) is 1. The minimum Gasteiger partial charge on any atom is -0.494 e. The number of nitrogens with zero attached hydrogens (tertiary/aromatic N) is 4. The van der Waals surface area contributed by atoms with Gasteiger partial charge in [-0.25, -0.2) is 9.59 Å². The summed E-state index contributed by atoms with van der Waals surface area (Å²) < 4.78 is 12.0. The summed E-state index contributed by atoms with van der Waals surface area (Å²) in [7, 11) is 0. The monoisotopic (exact) mass is 486 g/mol. The summed E-state index contributed by atoms with van der Waals surface area (Å²) in [5.74, 6) is -0.640. The van der Waals surface area contributed by atoms with Crippen LogP contribution in [0.4, 0.5) is 4.79 Å². The number of aromatic nitrogens is 2. The van der Waals surface area contributed by atoms with Crippen molar-refractivity contribution in [2.24, 2.45) is 4.99 Å². The third-order valence-corrected chi connectivity index (χ3v) is 5.07. The number of aromatic hydroxyl groups is 1. The number of rotatable bonds is 12. The van der Waals surface area contributed by atoms with E-state index in [4.69, 9.17) is 9.47 Å². The number of amides is 3. The van der Waals surface area contributed by atoms with Gasteiger partial charge in [-0.15, -0.1) is 0 Å². The van der Waals surface area contributed by atoms with Crippen molar-refractivity contribution in [2.45, 2.75) is 59.9 Å². The first-order chi connectivity index (χ1) is 16.9. The van der Waals surface area contributed by atoms with Gasteiger partial charge >= 0.3 is 11.7 Å². The van der Waals surface area contributed by atoms with E-state index in [1.54, 1.807) is 38.2 Å². The molecule has 1 aliphatic rings. The van der Waals surface area contributed by atoms with Gasteiger partial charge in [0.1, 0.15) is 5.57 Å². The van der Waals surface area contributed by atoms with Gasteiger partial charge in [-0.1, -0.05) is 44.9 Å². The number of hydrogen-bond acceptors (Lipinski definition) is 7. The molecular weight excluding hydrogens is 452 g/mol. The molecule has 190 valence electrons. The molecule has 3 amide bonds. The summed E-state index contributed by atoms with van der Waals surface area (Å²) in [5.41, 5.74) is -0.112. The number of allylic oxidation sites excluding steroid dienone is 4. The first kappa shape index (κ1) is 27.6. The number of carbonyl (C=O) groups excluding carboxylic acids is 2. The van der Waals surface area contributed by atoms with Crippen LogP contribution < -0.4 is 10.4 Å². The van der Waals surface area contributed by atoms with Crippen molar-refractivity contribution >= 4 is 23.9 Å². The maximum Gasteiger partial charge on any atom is 0.353 e. The lowest BCUT2D eigenvalue weighted by Gasteiger charge is -2.24. The molecule has 10 nitrogen and oxygen atoms in total. The Labute approximate surface area is 205 Å². The Bertz CT molecular complexity index is 1080. The predicted octanol–water partition coefficient (Wildman–Crippen LogP) is 3.84. The lowest BCUT2D eigenvalue weighted by molar-refractivity contribution is -0.124. The van der Waals surface area contributed by atoms with Crippen LogP contribution in [0.5, 0.6) is 11.8 Å². The minimum absolute atomic E-state index is 0.00708. The van der Waals surface area contributed by atoms with Crippen LogP contribution in [0, 0.1) is 0 Å². The average molecular weight is 487 g/mol. The van der Waals surface area contributed by atoms with Crippen LogP contribution in [0.25, 0.3) is 6.08 Å². The molecule has 0 saturated heterocycles. The van der Waals surface area contributed by atoms with Crippen molar-refractivity contribution in [3.05, 3.63) is 45.9 Å². The van der Waals surface area contributed by atoms with Crippen molar-refractivity contribution in [1.29, 1.82) is 0 Å². The zero-order valence-electron chi connectivity index (χ0n) is 20.8. The van der Waals surface area contributed by atoms with Gasteiger partial charge in [0, 0.05) is 13.1 Å². The second-order valence-electron chi connectivity index (χ2n) is 7.64. The molecule has 0 spiro atoms. The molecule has 0 fully saturated rings. The van der Waals surface area contributed by atoms with Crippen molar-refractivity contribution in [2.75, 3.05) is 19.8 Å². The van der Waals surface area contributed by atoms with Crippen LogP contribution in [-0.2, 0) is 16.1 Å². The van der Waals surface area contributed by atoms with E-state index in [2.05, 4.69) is 9.98 Å². The molecule has 0 unspecified atom stereocenters. The molecule has 0 aromatic carbocycles. The highest BCUT2D eigenvalue weighted by Gasteiger charge is 2.33. The summed E-state index contributed by atoms with van der Waals surface area (Å²) in [4.78, 5) is 46.3. The molecule has 2 rings (SSSR count). The smallest absolute Gasteiger partial charge is 0.353 e. The molecule has 1 aromatic rings. The molecule has 0 radical (unpaired) electrons. The van der Waals surface area contributed by atoms with Gasteiger partial charge < -0.3 is 14.6 Å². The minimum atomic E-state index is -0.627. The summed E-state index contributed by atoms with van der Waals surface area (Å²) in [6, 6.07) is -0.627. The second kappa shape index (κ2) is 13.9. The van der Waals surface area contributed by atoms with Gasteiger partial charge in [0.15, 0.2) is 0 Å². The maximum atomic E-state index is 12.9. The van der Waals surface area contributed by atoms with Gasteiger partial charge in [-0.2, -0.15) is 9.98 Å². The molecule has 0 atom stereocenters. The van der Waals surface area contributed by atoms with Crippen LogP contribution >= 0.6 is 0 Å². The molecule has 2 heterocycles. The molecule has 0 saturated carbocycles. The molecule has 35 heavy (non-hydrogen) atoms. The Hall–Kier alpha value is -3.69. The van der Waals surface area contributed by atoms with E-state index in [0.717, 1.165) is 24.2 Å². The first-order valence-electron chi connectivity index (χ1n) is 12.0. The highest BCUT2D eigenvalue weighted by Crippen LogP contribution is 2.26. The van der Waals surface area contributed by atoms with Crippen LogP contribution in [-0.4, -0.2) is 57.2 Å². The van der Waals surface area contributed by atoms with Gasteiger partial charge in [-0.05, 0) is 38.8 Å². The van der Waals surface area contributed by atoms with E-state index in [9.17, 15) is 19.5 Å². The van der Waals surface area contributed by atoms with Crippen molar-refractivity contribution in [1.82, 2.24) is 14.5 Å². The summed E-state index contributed by atoms with van der Waals surface area (Å²) in [6.45, 7) is 8.64. The number of carbonyl (C=O) groups is 2. The lowest BCUT2D eigenvalue weighted by atomic mass is 10.1. The standard InChI is InChI=1S/C25H34N4O6/c1-5-9-16-28-22(30)18(20(34-7-3)26-24(28)32)14-12-11-13-15-19-21(35-8-4)27-25(33)29(23(19)31)17-10-6-2/h11-15,30H,5-10,16-17H2,1-4H3/b13-11?,14-12?,19-15-. The number of urea groups is 1. The molecule has 0 aliphatic carbocycles. The summed E-state index contributed by atoms with van der Waals surface area (Å²) in [6.07, 6.45) is 11.0. The van der Waals surface area contributed by atoms with Crippen LogP contribution in [0.2, 0.25) is 0 Å². The Morgan fingerprint density at radius 1 is 0.914 bits per heavy atom. The summed E-state index contributed by atoms with van der Waals surface area (Å²) in [5, 5.41) is 10.7. The zero-order chi connectivity index (χ0) is 25.8. The third-order valence-electron chi connectivity index (χ3n) is 5.07. The molecule has 1 N–H and O–H groups in total. The topological polar surface area (TPSA) is 123 Å². The Morgan fingerprint density at radius 2 is 1.60 bits per heavy atom. The van der Waals surface area contributed by atoms with Crippen LogP contribution in [0.15, 0.2) is 39.7 Å². The Kier molecular flexibility index (Phi) is 10.9. The van der Waals surface area contributed by atoms with Gasteiger partial charge in [0.05, 0.1) is 18.8 Å². The van der Waals surface area contributed by atoms with Crippen LogP contribution in [0.1, 0.15) is 58.9 Å². The van der Waals surface area contributed by atoms with Gasteiger partial charge in [0.25, 0.3) is 5.91 Å². The van der Waals surface area contributed by atoms with Crippen LogP contribution in [0.3, 0.4) is 0 Å². The quantitative estimate of drug-likeness (QED) is 0.352. The number of imide groups is 1. The highest BCUT2D eigenvalue weighted by atomic mass is 16.5. The second-order valence-corrected chi connectivity index (χ2v) is 7.64. The van der Waals surface area contributed by atoms with Gasteiger partial charge in [-0.3, -0.25) is 14.3 Å². The summed E-state index contributed by atoms with van der Waals surface area (Å²) >= 11 is 0. The van der Waals surface area contributed by atoms with Crippen molar-refractivity contribution in [3.63, 3.8) is 0 Å². The fraction of sp³-hybridized carbons (Fsp3) is 0.480. The number of ether oxygens (including phenoxy) is 2. The third kappa shape index (κ3) is 7.14. The largest absolute Gasteiger partial charge is 0.494 e. The van der Waals surface area contributed by atoms with E-state index >= 15 is 0 Å². The number of aliphatic imine (C=N–C) groups is 1. The van der Waals surface area contributed by atoms with Crippen molar-refractivity contribution < 1.29 is 24.2 Å². The molecular formula is C25H34N4O6. The van der Waals surface area contributed by atoms with E-state index in [1.165, 1.54) is 10.6 Å². The van der Waals surface area contributed by atoms with Gasteiger partial charge in [0.2, 0.25) is 17.7 Å². The van der Waals surface area contributed by atoms with E-state index in [0.29, 0.717) is 13.0 Å². The molecule has 10 heteroatoms. The van der Waals surface area contributed by atoms with E-state index in [1.807, 2.05) is 13.8 Å². The normalized spacial score (nSPS) is 15.5. The molecule has 0 bridgehead atoms. The van der Waals surface area contributed by atoms with E-state index in [-0.39, 0.29) is 48.6 Å². The first-order valence-corrected chi connectivity index (χ1v) is 12.0. The fourth-order valence-electron chi connectivity index (χ4n) is 3.25. The van der Waals surface area contributed by atoms with Crippen molar-refractivity contribution in [3.8, 4) is 11.8 Å². The lowest BCUT2D eigenvalue weighted by Crippen LogP contribution is -2.43. The SMILES string of the molecule is CCCCN1C(=O)N=C(OCC)/C(=C/C=CC=Cc2c(OCC)nc(=O)n(CCCC)c2O)C1=O. The number of unbranched alkanes of at least 4 members (excludes halogenated alkanes) is 2. The Morgan fingerprint density at radius 3 is 2.26 bits per heavy atom. The predicted molar refractivity (Wildman–Crippen MR) is 134 cm³/mol. The fourth-order valence-corrected chi connectivity index (χ4v) is 3.25. The average Bonchev–Trinajstić information content (AvgIpc) is 2.82. The molecule has 1 aliphatic heterocycles. The maximum absolute atomic E-state index is 12.9. The highest BCUT2D eigenvalue weighted by molar-refractivity contribution is 6.27. The molecule has 1 aromatic heterocycles. The van der Waals surface area contributed by atoms with E-state index < -0.39 is 17.6 Å². The Balaban J connectivity index is 2.33. The zero-order valence-corrected chi connectivity index (χ0v) is 20.8.